The fourth-order valence-electron chi connectivity index (χ4n) is 3.63. The Bertz CT molecular complexity index is 669. The number of fused-ring (bicyclic) bond motifs is 5. The van der Waals surface area contributed by atoms with Gasteiger partial charge >= 0.3 is 0 Å². The van der Waals surface area contributed by atoms with Crippen LogP contribution in [0.15, 0.2) is 12.1 Å². The summed E-state index contributed by atoms with van der Waals surface area (Å²) in [5.74, 6) is 1.09. The van der Waals surface area contributed by atoms with Crippen LogP contribution in [0.4, 0.5) is 0 Å². The molecule has 106 valence electrons. The Morgan fingerprint density at radius 1 is 1.05 bits per heavy atom. The fourth-order valence-corrected chi connectivity index (χ4v) is 3.63. The number of aromatic amines is 1. The van der Waals surface area contributed by atoms with Crippen LogP contribution in [-0.2, 0) is 19.3 Å². The van der Waals surface area contributed by atoms with Crippen LogP contribution >= 0.6 is 0 Å². The van der Waals surface area contributed by atoms with Crippen LogP contribution in [0.2, 0.25) is 0 Å². The molecule has 2 N–H and O–H groups in total. The van der Waals surface area contributed by atoms with E-state index in [-0.39, 0.29) is 5.60 Å². The van der Waals surface area contributed by atoms with Crippen LogP contribution in [0, 0.1) is 0 Å². The number of rotatable bonds is 0. The molecule has 0 amide bonds. The van der Waals surface area contributed by atoms with Gasteiger partial charge in [0.25, 0.3) is 0 Å². The molecule has 0 aliphatic carbocycles. The summed E-state index contributed by atoms with van der Waals surface area (Å²) >= 11 is 0. The molecular formula is C17H22N2O. The van der Waals surface area contributed by atoms with Crippen molar-refractivity contribution in [3.05, 3.63) is 29.0 Å². The van der Waals surface area contributed by atoms with Gasteiger partial charge in [0, 0.05) is 35.1 Å². The molecule has 1 aromatic carbocycles. The van der Waals surface area contributed by atoms with Crippen LogP contribution in [-0.4, -0.2) is 23.7 Å². The van der Waals surface area contributed by atoms with Gasteiger partial charge < -0.3 is 15.0 Å². The Hall–Kier alpha value is -1.48. The first kappa shape index (κ1) is 12.3. The van der Waals surface area contributed by atoms with E-state index < -0.39 is 0 Å². The van der Waals surface area contributed by atoms with E-state index in [1.165, 1.54) is 27.7 Å². The van der Waals surface area contributed by atoms with Crippen LogP contribution < -0.4 is 10.1 Å². The summed E-state index contributed by atoms with van der Waals surface area (Å²) in [6.45, 7) is 6.52. The van der Waals surface area contributed by atoms with Gasteiger partial charge in [0.05, 0.1) is 0 Å². The molecule has 4 rings (SSSR count). The summed E-state index contributed by atoms with van der Waals surface area (Å²) in [5, 5.41) is 4.93. The highest BCUT2D eigenvalue weighted by Gasteiger charge is 2.29. The van der Waals surface area contributed by atoms with E-state index in [9.17, 15) is 0 Å². The van der Waals surface area contributed by atoms with E-state index in [0.29, 0.717) is 0 Å². The van der Waals surface area contributed by atoms with Crippen LogP contribution in [0.1, 0.15) is 37.1 Å². The smallest absolute Gasteiger partial charge is 0.124 e. The summed E-state index contributed by atoms with van der Waals surface area (Å²) in [5.41, 5.74) is 5.61. The Labute approximate surface area is 119 Å². The van der Waals surface area contributed by atoms with Crippen molar-refractivity contribution in [2.24, 2.45) is 0 Å². The van der Waals surface area contributed by atoms with Crippen molar-refractivity contribution in [3.8, 4) is 5.75 Å². The number of nitrogens with one attached hydrogen (secondary N) is 2. The third-order valence-electron chi connectivity index (χ3n) is 4.69. The van der Waals surface area contributed by atoms with Gasteiger partial charge in [-0.25, -0.2) is 0 Å². The molecule has 0 unspecified atom stereocenters. The summed E-state index contributed by atoms with van der Waals surface area (Å²) in [6.07, 6.45) is 4.44. The maximum Gasteiger partial charge on any atom is 0.124 e. The normalized spacial score (nSPS) is 20.9. The van der Waals surface area contributed by atoms with Crippen molar-refractivity contribution in [2.75, 3.05) is 13.1 Å². The van der Waals surface area contributed by atoms with Crippen molar-refractivity contribution in [3.63, 3.8) is 0 Å². The second-order valence-corrected chi connectivity index (χ2v) is 6.66. The average molecular weight is 270 g/mol. The van der Waals surface area contributed by atoms with Crippen LogP contribution in [0.3, 0.4) is 0 Å². The van der Waals surface area contributed by atoms with E-state index in [1.54, 1.807) is 0 Å². The molecule has 2 aliphatic rings. The van der Waals surface area contributed by atoms with Crippen LogP contribution in [0.5, 0.6) is 5.75 Å². The van der Waals surface area contributed by atoms with Gasteiger partial charge in [0.2, 0.25) is 0 Å². The second-order valence-electron chi connectivity index (χ2n) is 6.66. The zero-order valence-electron chi connectivity index (χ0n) is 12.3. The molecule has 0 saturated heterocycles. The highest BCUT2D eigenvalue weighted by atomic mass is 16.5. The van der Waals surface area contributed by atoms with E-state index in [4.69, 9.17) is 4.74 Å². The van der Waals surface area contributed by atoms with Gasteiger partial charge in [-0.15, -0.1) is 0 Å². The lowest BCUT2D eigenvalue weighted by atomic mass is 9.90. The molecule has 0 spiro atoms. The Kier molecular flexibility index (Phi) is 2.61. The van der Waals surface area contributed by atoms with Crippen molar-refractivity contribution >= 4 is 10.9 Å². The van der Waals surface area contributed by atoms with Crippen molar-refractivity contribution < 1.29 is 4.74 Å². The standard InChI is InChI=1S/C17H22N2O/c1-17(2)8-5-12-15(20-17)4-3-14-16(12)11-6-9-18-10-7-13(11)19-14/h3-4,18-19H,5-10H2,1-2H3. The number of aromatic nitrogens is 1. The summed E-state index contributed by atoms with van der Waals surface area (Å²) in [4.78, 5) is 3.63. The first-order valence-electron chi connectivity index (χ1n) is 7.69. The Balaban J connectivity index is 1.92. The minimum absolute atomic E-state index is 0.0323. The number of benzene rings is 1. The van der Waals surface area contributed by atoms with Gasteiger partial charge in [-0.3, -0.25) is 0 Å². The zero-order valence-corrected chi connectivity index (χ0v) is 12.3. The van der Waals surface area contributed by atoms with Crippen LogP contribution in [0.25, 0.3) is 10.9 Å². The fraction of sp³-hybridized carbons (Fsp3) is 0.529. The average Bonchev–Trinajstić information content (AvgIpc) is 2.60. The summed E-state index contributed by atoms with van der Waals surface area (Å²) < 4.78 is 6.19. The number of H-pyrrole nitrogens is 1. The van der Waals surface area contributed by atoms with Gasteiger partial charge in [0.1, 0.15) is 11.4 Å². The molecule has 1 aromatic heterocycles. The molecule has 0 bridgehead atoms. The van der Waals surface area contributed by atoms with Crippen molar-refractivity contribution in [2.45, 2.75) is 45.1 Å². The number of hydrogen-bond acceptors (Lipinski definition) is 2. The Morgan fingerprint density at radius 2 is 1.90 bits per heavy atom. The van der Waals surface area contributed by atoms with E-state index >= 15 is 0 Å². The molecule has 0 saturated carbocycles. The molecule has 3 nitrogen and oxygen atoms in total. The summed E-state index contributed by atoms with van der Waals surface area (Å²) in [7, 11) is 0. The number of hydrogen-bond donors (Lipinski definition) is 2. The molecule has 0 fully saturated rings. The third kappa shape index (κ3) is 1.84. The topological polar surface area (TPSA) is 37.0 Å². The predicted molar refractivity (Wildman–Crippen MR) is 81.6 cm³/mol. The Morgan fingerprint density at radius 3 is 2.80 bits per heavy atom. The molecule has 3 heterocycles. The number of ether oxygens (including phenoxy) is 1. The first-order valence-corrected chi connectivity index (χ1v) is 7.69. The molecule has 3 heteroatoms. The largest absolute Gasteiger partial charge is 0.488 e. The monoisotopic (exact) mass is 270 g/mol. The van der Waals surface area contributed by atoms with Crippen molar-refractivity contribution in [1.29, 1.82) is 0 Å². The molecular weight excluding hydrogens is 248 g/mol. The lowest BCUT2D eigenvalue weighted by molar-refractivity contribution is 0.0853. The highest BCUT2D eigenvalue weighted by Crippen LogP contribution is 2.39. The van der Waals surface area contributed by atoms with E-state index in [0.717, 1.165) is 44.5 Å². The maximum atomic E-state index is 6.19. The lowest BCUT2D eigenvalue weighted by Crippen LogP contribution is -2.32. The van der Waals surface area contributed by atoms with Gasteiger partial charge in [-0.05, 0) is 57.4 Å². The molecule has 0 radical (unpaired) electrons. The lowest BCUT2D eigenvalue weighted by Gasteiger charge is -2.33. The highest BCUT2D eigenvalue weighted by molar-refractivity contribution is 5.90. The number of aryl methyl sites for hydroxylation is 1. The third-order valence-corrected chi connectivity index (χ3v) is 4.69. The molecule has 2 aromatic rings. The summed E-state index contributed by atoms with van der Waals surface area (Å²) in [6, 6.07) is 4.34. The molecule has 20 heavy (non-hydrogen) atoms. The quantitative estimate of drug-likeness (QED) is 0.772. The van der Waals surface area contributed by atoms with E-state index in [2.05, 4.69) is 36.3 Å². The SMILES string of the molecule is CC1(C)CCc2c(ccc3[nH]c4c(c23)CCNCC4)O1. The molecule has 2 aliphatic heterocycles. The van der Waals surface area contributed by atoms with E-state index in [1.807, 2.05) is 0 Å². The second kappa shape index (κ2) is 4.26. The minimum Gasteiger partial charge on any atom is -0.488 e. The van der Waals surface area contributed by atoms with Gasteiger partial charge in [-0.1, -0.05) is 0 Å². The minimum atomic E-state index is -0.0323. The molecule has 0 atom stereocenters. The van der Waals surface area contributed by atoms with Crippen molar-refractivity contribution in [1.82, 2.24) is 10.3 Å². The zero-order chi connectivity index (χ0) is 13.7. The van der Waals surface area contributed by atoms with Gasteiger partial charge in [0.15, 0.2) is 0 Å². The predicted octanol–water partition coefficient (Wildman–Crippen LogP) is 2.96. The maximum absolute atomic E-state index is 6.19. The van der Waals surface area contributed by atoms with Gasteiger partial charge in [-0.2, -0.15) is 0 Å². The first-order chi connectivity index (χ1) is 9.64.